The number of hydrogen-bond donors (Lipinski definition) is 0. The SMILES string of the molecule is c1ccc(P2CCCP(c3ccccc3)CC2)cc1. The van der Waals surface area contributed by atoms with Crippen molar-refractivity contribution < 1.29 is 0 Å². The van der Waals surface area contributed by atoms with Gasteiger partial charge in [0.15, 0.2) is 0 Å². The minimum absolute atomic E-state index is 0.106. The molecule has 0 amide bonds. The lowest BCUT2D eigenvalue weighted by molar-refractivity contribution is 1.11. The molecule has 0 bridgehead atoms. The smallest absolute Gasteiger partial charge is 0.0240 e. The Hall–Kier alpha value is -0.700. The lowest BCUT2D eigenvalue weighted by atomic mass is 10.4. The Kier molecular flexibility index (Phi) is 4.65. The molecule has 2 heteroatoms. The van der Waals surface area contributed by atoms with Gasteiger partial charge in [0, 0.05) is 0 Å². The summed E-state index contributed by atoms with van der Waals surface area (Å²) in [6, 6.07) is 22.4. The van der Waals surface area contributed by atoms with Gasteiger partial charge in [-0.15, -0.1) is 0 Å². The fraction of sp³-hybridized carbons (Fsp3) is 0.294. The predicted octanol–water partition coefficient (Wildman–Crippen LogP) is 4.00. The van der Waals surface area contributed by atoms with Crippen LogP contribution in [0.4, 0.5) is 0 Å². The third kappa shape index (κ3) is 3.44. The molecule has 1 aliphatic rings. The van der Waals surface area contributed by atoms with Crippen molar-refractivity contribution in [2.45, 2.75) is 6.42 Å². The van der Waals surface area contributed by atoms with Crippen LogP contribution in [-0.2, 0) is 0 Å². The highest BCUT2D eigenvalue weighted by Gasteiger charge is 2.20. The summed E-state index contributed by atoms with van der Waals surface area (Å²) in [7, 11) is 0.211. The fourth-order valence-electron chi connectivity index (χ4n) is 2.71. The Balaban J connectivity index is 1.69. The van der Waals surface area contributed by atoms with E-state index in [0.29, 0.717) is 0 Å². The molecule has 0 radical (unpaired) electrons. The maximum Gasteiger partial charge on any atom is -0.0240 e. The minimum atomic E-state index is 0.106. The largest absolute Gasteiger partial charge is 0.0749 e. The van der Waals surface area contributed by atoms with Gasteiger partial charge in [-0.05, 0) is 41.7 Å². The van der Waals surface area contributed by atoms with Crippen molar-refractivity contribution in [1.82, 2.24) is 0 Å². The quantitative estimate of drug-likeness (QED) is 0.732. The molecule has 1 heterocycles. The molecule has 1 aliphatic heterocycles. The molecule has 2 atom stereocenters. The van der Waals surface area contributed by atoms with Gasteiger partial charge in [-0.3, -0.25) is 0 Å². The van der Waals surface area contributed by atoms with E-state index in [0.717, 1.165) is 0 Å². The van der Waals surface area contributed by atoms with Crippen molar-refractivity contribution in [2.75, 3.05) is 24.6 Å². The summed E-state index contributed by atoms with van der Waals surface area (Å²) in [5.41, 5.74) is 0. The van der Waals surface area contributed by atoms with Crippen LogP contribution < -0.4 is 10.6 Å². The van der Waals surface area contributed by atoms with E-state index in [1.54, 1.807) is 10.6 Å². The monoisotopic (exact) mass is 286 g/mol. The first kappa shape index (κ1) is 13.3. The molecule has 2 aromatic rings. The summed E-state index contributed by atoms with van der Waals surface area (Å²) >= 11 is 0. The van der Waals surface area contributed by atoms with E-state index in [1.807, 2.05) is 0 Å². The van der Waals surface area contributed by atoms with Crippen molar-refractivity contribution in [3.05, 3.63) is 60.7 Å². The standard InChI is InChI=1S/C17H20P2/c1-3-8-16(9-4-1)18-12-7-13-19(15-14-18)17-10-5-2-6-11-17/h1-6,8-11H,7,12-15H2. The second-order valence-electron chi connectivity index (χ2n) is 5.00. The third-order valence-corrected chi connectivity index (χ3v) is 9.39. The Morgan fingerprint density at radius 3 is 1.37 bits per heavy atom. The van der Waals surface area contributed by atoms with Crippen molar-refractivity contribution in [3.63, 3.8) is 0 Å². The van der Waals surface area contributed by atoms with Gasteiger partial charge in [0.25, 0.3) is 0 Å². The lowest BCUT2D eigenvalue weighted by Crippen LogP contribution is -2.07. The zero-order valence-electron chi connectivity index (χ0n) is 11.2. The van der Waals surface area contributed by atoms with E-state index >= 15 is 0 Å². The van der Waals surface area contributed by atoms with E-state index in [1.165, 1.54) is 31.1 Å². The second-order valence-corrected chi connectivity index (χ2v) is 9.98. The highest BCUT2D eigenvalue weighted by molar-refractivity contribution is 7.70. The Morgan fingerprint density at radius 2 is 0.947 bits per heavy atom. The highest BCUT2D eigenvalue weighted by Crippen LogP contribution is 2.46. The summed E-state index contributed by atoms with van der Waals surface area (Å²) < 4.78 is 0. The van der Waals surface area contributed by atoms with Crippen LogP contribution in [-0.4, -0.2) is 24.6 Å². The normalized spacial score (nSPS) is 23.8. The Morgan fingerprint density at radius 1 is 0.526 bits per heavy atom. The highest BCUT2D eigenvalue weighted by atomic mass is 31.1. The molecule has 2 aromatic carbocycles. The van der Waals surface area contributed by atoms with Gasteiger partial charge < -0.3 is 0 Å². The number of rotatable bonds is 2. The summed E-state index contributed by atoms with van der Waals surface area (Å²) in [5.74, 6) is 0. The maximum absolute atomic E-state index is 2.34. The van der Waals surface area contributed by atoms with Gasteiger partial charge in [-0.1, -0.05) is 76.5 Å². The van der Waals surface area contributed by atoms with Gasteiger partial charge >= 0.3 is 0 Å². The van der Waals surface area contributed by atoms with Gasteiger partial charge in [-0.25, -0.2) is 0 Å². The molecule has 0 N–H and O–H groups in total. The molecule has 0 nitrogen and oxygen atoms in total. The van der Waals surface area contributed by atoms with Crippen LogP contribution >= 0.6 is 15.8 Å². The molecular formula is C17H20P2. The summed E-state index contributed by atoms with van der Waals surface area (Å²) in [6.45, 7) is 0. The van der Waals surface area contributed by atoms with Crippen LogP contribution in [0.5, 0.6) is 0 Å². The molecule has 0 spiro atoms. The lowest BCUT2D eigenvalue weighted by Gasteiger charge is -2.16. The Labute approximate surface area is 118 Å². The van der Waals surface area contributed by atoms with Crippen molar-refractivity contribution in [1.29, 1.82) is 0 Å². The van der Waals surface area contributed by atoms with Crippen LogP contribution in [0, 0.1) is 0 Å². The molecule has 98 valence electrons. The maximum atomic E-state index is 2.34. The minimum Gasteiger partial charge on any atom is -0.0749 e. The molecule has 0 aliphatic carbocycles. The Bertz CT molecular complexity index is 448. The van der Waals surface area contributed by atoms with E-state index in [2.05, 4.69) is 60.7 Å². The van der Waals surface area contributed by atoms with Crippen molar-refractivity contribution in [2.24, 2.45) is 0 Å². The van der Waals surface area contributed by atoms with E-state index in [9.17, 15) is 0 Å². The molecule has 3 rings (SSSR count). The predicted molar refractivity (Wildman–Crippen MR) is 90.1 cm³/mol. The fourth-order valence-corrected chi connectivity index (χ4v) is 8.64. The van der Waals surface area contributed by atoms with Crippen LogP contribution in [0.3, 0.4) is 0 Å². The molecule has 0 aromatic heterocycles. The average Bonchev–Trinajstić information content (AvgIpc) is 2.75. The van der Waals surface area contributed by atoms with Crippen LogP contribution in [0.1, 0.15) is 6.42 Å². The van der Waals surface area contributed by atoms with E-state index in [4.69, 9.17) is 0 Å². The van der Waals surface area contributed by atoms with E-state index in [-0.39, 0.29) is 15.8 Å². The van der Waals surface area contributed by atoms with Crippen molar-refractivity contribution >= 4 is 26.5 Å². The first-order valence-electron chi connectivity index (χ1n) is 7.03. The van der Waals surface area contributed by atoms with Crippen molar-refractivity contribution in [3.8, 4) is 0 Å². The van der Waals surface area contributed by atoms with Gasteiger partial charge in [-0.2, -0.15) is 0 Å². The summed E-state index contributed by atoms with van der Waals surface area (Å²) in [6.07, 6.45) is 7.15. The molecule has 1 saturated heterocycles. The number of hydrogen-bond acceptors (Lipinski definition) is 0. The van der Waals surface area contributed by atoms with E-state index < -0.39 is 0 Å². The van der Waals surface area contributed by atoms with Gasteiger partial charge in [0.2, 0.25) is 0 Å². The first-order chi connectivity index (χ1) is 9.43. The van der Waals surface area contributed by atoms with Crippen LogP contribution in [0.15, 0.2) is 60.7 Å². The molecule has 0 saturated carbocycles. The molecule has 2 unspecified atom stereocenters. The summed E-state index contributed by atoms with van der Waals surface area (Å²) in [4.78, 5) is 0. The second kappa shape index (κ2) is 6.65. The average molecular weight is 286 g/mol. The zero-order valence-corrected chi connectivity index (χ0v) is 13.0. The molecule has 19 heavy (non-hydrogen) atoms. The third-order valence-electron chi connectivity index (χ3n) is 3.74. The van der Waals surface area contributed by atoms with Gasteiger partial charge in [0.05, 0.1) is 0 Å². The molecule has 1 fully saturated rings. The van der Waals surface area contributed by atoms with Gasteiger partial charge in [0.1, 0.15) is 0 Å². The number of benzene rings is 2. The van der Waals surface area contributed by atoms with Crippen LogP contribution in [0.25, 0.3) is 0 Å². The first-order valence-corrected chi connectivity index (χ1v) is 10.5. The van der Waals surface area contributed by atoms with Crippen LogP contribution in [0.2, 0.25) is 0 Å². The zero-order chi connectivity index (χ0) is 12.9. The topological polar surface area (TPSA) is 0 Å². The summed E-state index contributed by atoms with van der Waals surface area (Å²) in [5, 5.41) is 3.23. The molecular weight excluding hydrogens is 266 g/mol.